The topological polar surface area (TPSA) is 80.3 Å². The molecule has 172 valence electrons. The van der Waals surface area contributed by atoms with Gasteiger partial charge in [-0.15, -0.1) is 0 Å². The molecule has 0 radical (unpaired) electrons. The Morgan fingerprint density at radius 3 is 2.56 bits per heavy atom. The van der Waals surface area contributed by atoms with E-state index in [2.05, 4.69) is 5.32 Å². The summed E-state index contributed by atoms with van der Waals surface area (Å²) in [5.41, 5.74) is 1.31. The highest BCUT2D eigenvalue weighted by Gasteiger charge is 2.31. The molecule has 1 atom stereocenters. The Morgan fingerprint density at radius 1 is 1.16 bits per heavy atom. The first-order valence-corrected chi connectivity index (χ1v) is 10.7. The van der Waals surface area contributed by atoms with Crippen molar-refractivity contribution in [3.05, 3.63) is 42.5 Å². The molecule has 3 rings (SSSR count). The smallest absolute Gasteiger partial charge is 0.267 e. The number of fused-ring (bicyclic) bond motifs is 1. The maximum absolute atomic E-state index is 12.6. The monoisotopic (exact) mass is 441 g/mol. The fourth-order valence-corrected chi connectivity index (χ4v) is 3.33. The largest absolute Gasteiger partial charge is 0.497 e. The Bertz CT molecular complexity index is 930. The zero-order valence-corrected chi connectivity index (χ0v) is 19.1. The first kappa shape index (κ1) is 23.4. The lowest BCUT2D eigenvalue weighted by Crippen LogP contribution is -2.46. The molecule has 1 unspecified atom stereocenters. The van der Waals surface area contributed by atoms with Gasteiger partial charge in [-0.3, -0.25) is 9.59 Å². The van der Waals surface area contributed by atoms with Crippen LogP contribution in [0.3, 0.4) is 0 Å². The number of carbonyl (C=O) groups is 2. The lowest BCUT2D eigenvalue weighted by Gasteiger charge is -2.34. The molecule has 1 aliphatic heterocycles. The second kappa shape index (κ2) is 10.9. The van der Waals surface area contributed by atoms with Gasteiger partial charge in [0, 0.05) is 25.2 Å². The summed E-state index contributed by atoms with van der Waals surface area (Å²) in [5.74, 6) is 1.95. The van der Waals surface area contributed by atoms with Crippen LogP contribution in [0.4, 0.5) is 11.4 Å². The van der Waals surface area contributed by atoms with Crippen molar-refractivity contribution < 1.29 is 23.8 Å². The van der Waals surface area contributed by atoms with E-state index in [4.69, 9.17) is 14.2 Å². The highest BCUT2D eigenvalue weighted by Crippen LogP contribution is 2.36. The minimum atomic E-state index is -0.532. The number of ether oxygens (including phenoxy) is 3. The van der Waals surface area contributed by atoms with Crippen molar-refractivity contribution in [2.75, 3.05) is 51.1 Å². The number of anilines is 2. The van der Waals surface area contributed by atoms with Gasteiger partial charge in [-0.25, -0.2) is 0 Å². The van der Waals surface area contributed by atoms with Crippen LogP contribution in [0, 0.1) is 0 Å². The van der Waals surface area contributed by atoms with Gasteiger partial charge in [0.1, 0.15) is 17.2 Å². The summed E-state index contributed by atoms with van der Waals surface area (Å²) in [6, 6.07) is 12.7. The lowest BCUT2D eigenvalue weighted by atomic mass is 10.1. The Balaban J connectivity index is 1.54. The third-order valence-corrected chi connectivity index (χ3v) is 5.10. The molecule has 2 aromatic rings. The van der Waals surface area contributed by atoms with Gasteiger partial charge in [-0.2, -0.15) is 0 Å². The summed E-state index contributed by atoms with van der Waals surface area (Å²) in [6.45, 7) is 3.45. The Morgan fingerprint density at radius 2 is 1.88 bits per heavy atom. The van der Waals surface area contributed by atoms with Crippen LogP contribution in [0.2, 0.25) is 0 Å². The predicted molar refractivity (Wildman–Crippen MR) is 124 cm³/mol. The van der Waals surface area contributed by atoms with Crippen molar-refractivity contribution in [1.29, 1.82) is 0 Å². The second-order valence-electron chi connectivity index (χ2n) is 7.91. The van der Waals surface area contributed by atoms with Crippen molar-refractivity contribution >= 4 is 23.2 Å². The van der Waals surface area contributed by atoms with Crippen molar-refractivity contribution in [3.8, 4) is 17.2 Å². The van der Waals surface area contributed by atoms with E-state index in [0.29, 0.717) is 43.1 Å². The normalized spacial score (nSPS) is 15.2. The fraction of sp³-hybridized carbons (Fsp3) is 0.417. The SMILES string of the molecule is COc1ccc(OCCCC(=O)Nc2ccc3c(c2)N(CCN(C)C)C(=O)C(C)O3)cc1. The third kappa shape index (κ3) is 6.13. The zero-order valence-electron chi connectivity index (χ0n) is 19.1. The summed E-state index contributed by atoms with van der Waals surface area (Å²) < 4.78 is 16.5. The van der Waals surface area contributed by atoms with Gasteiger partial charge in [0.25, 0.3) is 5.91 Å². The van der Waals surface area contributed by atoms with Crippen LogP contribution in [0.25, 0.3) is 0 Å². The molecule has 0 saturated heterocycles. The number of nitrogens with zero attached hydrogens (tertiary/aromatic N) is 2. The molecule has 0 bridgehead atoms. The number of hydrogen-bond donors (Lipinski definition) is 1. The highest BCUT2D eigenvalue weighted by molar-refractivity contribution is 6.01. The molecule has 32 heavy (non-hydrogen) atoms. The zero-order chi connectivity index (χ0) is 23.1. The van der Waals surface area contributed by atoms with Gasteiger partial charge in [-0.05, 0) is 69.9 Å². The van der Waals surface area contributed by atoms with Gasteiger partial charge in [-0.1, -0.05) is 0 Å². The molecule has 8 heteroatoms. The second-order valence-corrected chi connectivity index (χ2v) is 7.91. The van der Waals surface area contributed by atoms with E-state index in [1.165, 1.54) is 0 Å². The minimum Gasteiger partial charge on any atom is -0.497 e. The summed E-state index contributed by atoms with van der Waals surface area (Å²) >= 11 is 0. The molecule has 0 fully saturated rings. The van der Waals surface area contributed by atoms with Crippen LogP contribution < -0.4 is 24.4 Å². The van der Waals surface area contributed by atoms with Crippen molar-refractivity contribution in [2.24, 2.45) is 0 Å². The minimum absolute atomic E-state index is 0.0847. The van der Waals surface area contributed by atoms with Crippen molar-refractivity contribution in [3.63, 3.8) is 0 Å². The van der Waals surface area contributed by atoms with Crippen LogP contribution in [-0.2, 0) is 9.59 Å². The lowest BCUT2D eigenvalue weighted by molar-refractivity contribution is -0.125. The molecular weight excluding hydrogens is 410 g/mol. The highest BCUT2D eigenvalue weighted by atomic mass is 16.5. The number of nitrogens with one attached hydrogen (secondary N) is 1. The Hall–Kier alpha value is -3.26. The van der Waals surface area contributed by atoms with Gasteiger partial charge in [0.15, 0.2) is 6.10 Å². The van der Waals surface area contributed by atoms with E-state index in [1.54, 1.807) is 37.1 Å². The van der Waals surface area contributed by atoms with Gasteiger partial charge < -0.3 is 29.3 Å². The van der Waals surface area contributed by atoms with Crippen LogP contribution in [0.5, 0.6) is 17.2 Å². The summed E-state index contributed by atoms with van der Waals surface area (Å²) in [6.07, 6.45) is 0.372. The molecule has 0 spiro atoms. The standard InChI is InChI=1S/C24H31N3O5/c1-17-24(29)27(14-13-26(2)3)21-16-18(7-12-22(21)32-17)25-23(28)6-5-15-31-20-10-8-19(30-4)9-11-20/h7-12,16-17H,5-6,13-15H2,1-4H3,(H,25,28). The third-order valence-electron chi connectivity index (χ3n) is 5.10. The number of rotatable bonds is 10. The van der Waals surface area contributed by atoms with Gasteiger partial charge >= 0.3 is 0 Å². The molecule has 8 nitrogen and oxygen atoms in total. The molecule has 1 N–H and O–H groups in total. The average Bonchev–Trinajstić information content (AvgIpc) is 2.77. The molecule has 2 aromatic carbocycles. The fourth-order valence-electron chi connectivity index (χ4n) is 3.33. The first-order chi connectivity index (χ1) is 15.4. The number of benzene rings is 2. The van der Waals surface area contributed by atoms with Crippen LogP contribution in [0.15, 0.2) is 42.5 Å². The van der Waals surface area contributed by atoms with Gasteiger partial charge in [0.05, 0.1) is 19.4 Å². The maximum Gasteiger partial charge on any atom is 0.267 e. The first-order valence-electron chi connectivity index (χ1n) is 10.7. The summed E-state index contributed by atoms with van der Waals surface area (Å²) in [7, 11) is 5.54. The summed E-state index contributed by atoms with van der Waals surface area (Å²) in [5, 5.41) is 2.90. The van der Waals surface area contributed by atoms with Gasteiger partial charge in [0.2, 0.25) is 5.91 Å². The van der Waals surface area contributed by atoms with Crippen LogP contribution in [-0.4, -0.2) is 63.7 Å². The van der Waals surface area contributed by atoms with E-state index in [0.717, 1.165) is 18.0 Å². The van der Waals surface area contributed by atoms with Crippen molar-refractivity contribution in [1.82, 2.24) is 4.90 Å². The molecular formula is C24H31N3O5. The molecule has 0 aromatic heterocycles. The van der Waals surface area contributed by atoms with E-state index < -0.39 is 6.10 Å². The van der Waals surface area contributed by atoms with E-state index in [-0.39, 0.29) is 11.8 Å². The van der Waals surface area contributed by atoms with Crippen LogP contribution >= 0.6 is 0 Å². The molecule has 0 aliphatic carbocycles. The Kier molecular flexibility index (Phi) is 7.94. The molecule has 1 aliphatic rings. The van der Waals surface area contributed by atoms with E-state index in [1.807, 2.05) is 43.3 Å². The van der Waals surface area contributed by atoms with Crippen LogP contribution in [0.1, 0.15) is 19.8 Å². The average molecular weight is 442 g/mol. The number of likely N-dealkylation sites (N-methyl/N-ethyl adjacent to an activating group) is 1. The molecule has 1 heterocycles. The number of hydrogen-bond acceptors (Lipinski definition) is 6. The van der Waals surface area contributed by atoms with Crippen molar-refractivity contribution in [2.45, 2.75) is 25.9 Å². The van der Waals surface area contributed by atoms with E-state index in [9.17, 15) is 9.59 Å². The Labute approximate surface area is 189 Å². The number of carbonyl (C=O) groups excluding carboxylic acids is 2. The number of amides is 2. The molecule has 0 saturated carbocycles. The summed E-state index contributed by atoms with van der Waals surface area (Å²) in [4.78, 5) is 28.8. The quantitative estimate of drug-likeness (QED) is 0.571. The number of methoxy groups -OCH3 is 1. The predicted octanol–water partition coefficient (Wildman–Crippen LogP) is 3.17. The van der Waals surface area contributed by atoms with E-state index >= 15 is 0 Å². The maximum atomic E-state index is 12.6. The molecule has 2 amide bonds.